The summed E-state index contributed by atoms with van der Waals surface area (Å²) in [4.78, 5) is 34.5. The van der Waals surface area contributed by atoms with E-state index in [1.54, 1.807) is 29.0 Å². The molecule has 36 heavy (non-hydrogen) atoms. The molecule has 0 spiro atoms. The van der Waals surface area contributed by atoms with Gasteiger partial charge in [-0.05, 0) is 42.3 Å². The number of aromatic nitrogens is 1. The van der Waals surface area contributed by atoms with Crippen molar-refractivity contribution >= 4 is 22.7 Å². The lowest BCUT2D eigenvalue weighted by molar-refractivity contribution is -0.166. The van der Waals surface area contributed by atoms with E-state index in [2.05, 4.69) is 11.1 Å². The van der Waals surface area contributed by atoms with Crippen LogP contribution < -0.4 is 4.74 Å². The van der Waals surface area contributed by atoms with Crippen molar-refractivity contribution in [3.63, 3.8) is 0 Å². The summed E-state index contributed by atoms with van der Waals surface area (Å²) in [7, 11) is 1.64. The van der Waals surface area contributed by atoms with Gasteiger partial charge in [-0.2, -0.15) is 0 Å². The fraction of sp³-hybridized carbons (Fsp3) is 0.241. The molecule has 1 N–H and O–H groups in total. The van der Waals surface area contributed by atoms with Gasteiger partial charge in [0.25, 0.3) is 5.91 Å². The molecule has 1 fully saturated rings. The number of aromatic amines is 1. The molecular formula is C29H26FN3O3. The number of halogens is 1. The van der Waals surface area contributed by atoms with E-state index in [1.165, 1.54) is 12.1 Å². The molecule has 0 bridgehead atoms. The fourth-order valence-electron chi connectivity index (χ4n) is 5.85. The van der Waals surface area contributed by atoms with Gasteiger partial charge in [-0.15, -0.1) is 0 Å². The molecule has 2 aliphatic heterocycles. The first kappa shape index (κ1) is 22.3. The predicted molar refractivity (Wildman–Crippen MR) is 134 cm³/mol. The number of carbonyl (C=O) groups excluding carboxylic acids is 2. The smallest absolute Gasteiger partial charge is 0.255 e. The third-order valence-electron chi connectivity index (χ3n) is 7.62. The number of H-pyrrole nitrogens is 1. The average Bonchev–Trinajstić information content (AvgIpc) is 3.29. The Morgan fingerprint density at radius 2 is 1.75 bits per heavy atom. The number of nitrogens with zero attached hydrogens (tertiary/aromatic N) is 2. The molecule has 182 valence electrons. The molecule has 6 rings (SSSR count). The topological polar surface area (TPSA) is 65.6 Å². The van der Waals surface area contributed by atoms with E-state index in [0.29, 0.717) is 6.54 Å². The van der Waals surface area contributed by atoms with Crippen molar-refractivity contribution in [3.8, 4) is 5.75 Å². The summed E-state index contributed by atoms with van der Waals surface area (Å²) in [6.07, 6.45) is 0. The second-order valence-electron chi connectivity index (χ2n) is 9.62. The van der Waals surface area contributed by atoms with Gasteiger partial charge in [-0.3, -0.25) is 9.59 Å². The van der Waals surface area contributed by atoms with E-state index in [-0.39, 0.29) is 36.6 Å². The van der Waals surface area contributed by atoms with Gasteiger partial charge in [0.1, 0.15) is 18.1 Å². The first-order valence-corrected chi connectivity index (χ1v) is 12.0. The molecule has 1 saturated heterocycles. The van der Waals surface area contributed by atoms with E-state index in [9.17, 15) is 14.0 Å². The fourth-order valence-corrected chi connectivity index (χ4v) is 5.85. The molecule has 3 aromatic carbocycles. The number of nitrogens with one attached hydrogen (secondary N) is 1. The van der Waals surface area contributed by atoms with Crippen LogP contribution in [0.5, 0.6) is 5.75 Å². The maximum Gasteiger partial charge on any atom is 0.255 e. The van der Waals surface area contributed by atoms with E-state index < -0.39 is 5.54 Å². The third-order valence-corrected chi connectivity index (χ3v) is 7.62. The lowest BCUT2D eigenvalue weighted by Gasteiger charge is -2.51. The Morgan fingerprint density at radius 1 is 1.03 bits per heavy atom. The van der Waals surface area contributed by atoms with Crippen LogP contribution in [0.2, 0.25) is 0 Å². The van der Waals surface area contributed by atoms with E-state index in [4.69, 9.17) is 4.74 Å². The number of hydrogen-bond donors (Lipinski definition) is 1. The van der Waals surface area contributed by atoms with Gasteiger partial charge in [0.2, 0.25) is 5.91 Å². The van der Waals surface area contributed by atoms with Crippen LogP contribution in [0.15, 0.2) is 72.8 Å². The lowest BCUT2D eigenvalue weighted by Crippen LogP contribution is -2.67. The highest BCUT2D eigenvalue weighted by Gasteiger charge is 2.56. The number of amides is 2. The van der Waals surface area contributed by atoms with Crippen molar-refractivity contribution in [2.45, 2.75) is 24.9 Å². The average molecular weight is 484 g/mol. The van der Waals surface area contributed by atoms with Crippen LogP contribution in [-0.2, 0) is 21.7 Å². The van der Waals surface area contributed by atoms with Gasteiger partial charge in [0, 0.05) is 35.5 Å². The third kappa shape index (κ3) is 3.22. The van der Waals surface area contributed by atoms with Gasteiger partial charge >= 0.3 is 0 Å². The van der Waals surface area contributed by atoms with Gasteiger partial charge in [-0.1, -0.05) is 48.5 Å². The summed E-state index contributed by atoms with van der Waals surface area (Å²) in [5, 5.41) is 1.03. The highest BCUT2D eigenvalue weighted by molar-refractivity contribution is 6.01. The largest absolute Gasteiger partial charge is 0.496 e. The van der Waals surface area contributed by atoms with Crippen molar-refractivity contribution in [2.75, 3.05) is 20.2 Å². The zero-order valence-corrected chi connectivity index (χ0v) is 20.1. The van der Waals surface area contributed by atoms with Gasteiger partial charge in [0.15, 0.2) is 5.54 Å². The molecular weight excluding hydrogens is 457 g/mol. The Kier molecular flexibility index (Phi) is 5.10. The normalized spacial score (nSPS) is 21.5. The number of piperazine rings is 1. The number of benzene rings is 3. The van der Waals surface area contributed by atoms with Crippen molar-refractivity contribution in [2.24, 2.45) is 0 Å². The van der Waals surface area contributed by atoms with Crippen LogP contribution in [0.1, 0.15) is 35.2 Å². The minimum absolute atomic E-state index is 0.0278. The second-order valence-corrected chi connectivity index (χ2v) is 9.62. The first-order chi connectivity index (χ1) is 17.4. The first-order valence-electron chi connectivity index (χ1n) is 12.0. The van der Waals surface area contributed by atoms with Crippen LogP contribution in [0.4, 0.5) is 4.39 Å². The molecule has 0 saturated carbocycles. The van der Waals surface area contributed by atoms with Gasteiger partial charge < -0.3 is 19.5 Å². The van der Waals surface area contributed by atoms with Crippen molar-refractivity contribution in [3.05, 3.63) is 101 Å². The molecule has 6 nitrogen and oxygen atoms in total. The summed E-state index contributed by atoms with van der Waals surface area (Å²) in [6, 6.07) is 21.9. The van der Waals surface area contributed by atoms with E-state index in [0.717, 1.165) is 39.0 Å². The lowest BCUT2D eigenvalue weighted by atomic mass is 9.76. The molecule has 2 amide bonds. The minimum atomic E-state index is -1.19. The zero-order chi connectivity index (χ0) is 25.0. The van der Waals surface area contributed by atoms with Crippen LogP contribution in [0.3, 0.4) is 0 Å². The van der Waals surface area contributed by atoms with Crippen LogP contribution in [0.25, 0.3) is 10.9 Å². The Balaban J connectivity index is 1.51. The highest BCUT2D eigenvalue weighted by Crippen LogP contribution is 2.49. The monoisotopic (exact) mass is 483 g/mol. The van der Waals surface area contributed by atoms with Gasteiger partial charge in [0.05, 0.1) is 12.8 Å². The number of ether oxygens (including phenoxy) is 1. The van der Waals surface area contributed by atoms with Crippen molar-refractivity contribution in [1.29, 1.82) is 0 Å². The molecule has 2 atom stereocenters. The summed E-state index contributed by atoms with van der Waals surface area (Å²) < 4.78 is 19.1. The zero-order valence-electron chi connectivity index (χ0n) is 20.1. The Hall–Kier alpha value is -4.13. The maximum atomic E-state index is 14.1. The number of fused-ring (bicyclic) bond motifs is 5. The molecule has 1 aromatic heterocycles. The van der Waals surface area contributed by atoms with Crippen LogP contribution in [-0.4, -0.2) is 46.8 Å². The SMILES string of the molecule is COc1ccccc1[C@H]1CN2C(=O)CN(Cc3ccc(F)cc3)C(=O)[C@]2(C)c2[nH]c3ccccc3c21. The van der Waals surface area contributed by atoms with E-state index in [1.807, 2.05) is 49.4 Å². The van der Waals surface area contributed by atoms with Gasteiger partial charge in [-0.25, -0.2) is 4.39 Å². The highest BCUT2D eigenvalue weighted by atomic mass is 19.1. The molecule has 7 heteroatoms. The summed E-state index contributed by atoms with van der Waals surface area (Å²) in [5.41, 5.74) is 3.21. The number of methoxy groups -OCH3 is 1. The maximum absolute atomic E-state index is 14.1. The molecule has 4 aromatic rings. The summed E-state index contributed by atoms with van der Waals surface area (Å²) in [6.45, 7) is 2.40. The van der Waals surface area contributed by atoms with Crippen LogP contribution in [0, 0.1) is 5.82 Å². The summed E-state index contributed by atoms with van der Waals surface area (Å²) in [5.74, 6) is -0.0340. The Morgan fingerprint density at radius 3 is 2.53 bits per heavy atom. The molecule has 2 aliphatic rings. The number of rotatable bonds is 4. The van der Waals surface area contributed by atoms with E-state index >= 15 is 0 Å². The standard InChI is InChI=1S/C29H26FN3O3/c1-29-27-26(21-8-3-5-9-23(21)31-27)22(20-7-4-6-10-24(20)36-2)16-33(29)25(34)17-32(28(29)35)15-18-11-13-19(30)14-12-18/h3-14,22,31H,15-17H2,1-2H3/t22-,29+/m1/s1. The number of carbonyl (C=O) groups is 2. The Bertz CT molecular complexity index is 1500. The molecule has 0 radical (unpaired) electrons. The molecule has 0 aliphatic carbocycles. The quantitative estimate of drug-likeness (QED) is 0.463. The van der Waals surface area contributed by atoms with Crippen LogP contribution >= 0.6 is 0 Å². The molecule has 3 heterocycles. The number of hydrogen-bond acceptors (Lipinski definition) is 3. The summed E-state index contributed by atoms with van der Waals surface area (Å²) >= 11 is 0. The number of para-hydroxylation sites is 2. The molecule has 0 unspecified atom stereocenters. The Labute approximate surface area is 208 Å². The van der Waals surface area contributed by atoms with Crippen molar-refractivity contribution in [1.82, 2.24) is 14.8 Å². The second kappa shape index (κ2) is 8.22. The predicted octanol–water partition coefficient (Wildman–Crippen LogP) is 4.55. The minimum Gasteiger partial charge on any atom is -0.496 e. The van der Waals surface area contributed by atoms with Crippen molar-refractivity contribution < 1.29 is 18.7 Å².